The topological polar surface area (TPSA) is 380 Å². The van der Waals surface area contributed by atoms with E-state index in [9.17, 15) is 60.9 Å². The van der Waals surface area contributed by atoms with Crippen molar-refractivity contribution in [1.82, 2.24) is 15.0 Å². The quantitative estimate of drug-likeness (QED) is 0.0528. The van der Waals surface area contributed by atoms with Gasteiger partial charge >= 0.3 is 129 Å². The SMILES string of the molecule is O=S(=O)(O)OCCS(=O)(=O)c1ccc(Nc2nc(Cl)nc(Nc3cc(S(=O)(=O)[O-])cc4cc(S(=O)(=O)[O-])c(N=Nc5cccc(S(=O)(=O)[O-])c5)c([O-])c34)n2)cc1.[Na+].[Na+].[Na+].[Na+]. The van der Waals surface area contributed by atoms with Crippen molar-refractivity contribution in [2.45, 2.75) is 19.6 Å². The third-order valence-corrected chi connectivity index (χ3v) is 11.8. The van der Waals surface area contributed by atoms with Crippen molar-refractivity contribution in [3.63, 3.8) is 0 Å². The summed E-state index contributed by atoms with van der Waals surface area (Å²) in [6.07, 6.45) is 0. The van der Waals surface area contributed by atoms with Crippen molar-refractivity contribution >= 4 is 108 Å². The fourth-order valence-electron chi connectivity index (χ4n) is 4.61. The largest absolute Gasteiger partial charge is 1.00 e. The first-order chi connectivity index (χ1) is 25.8. The average molecular weight is 984 g/mol. The van der Waals surface area contributed by atoms with E-state index in [2.05, 4.69) is 40.0 Å². The number of sulfone groups is 1. The predicted octanol–water partition coefficient (Wildman–Crippen LogP) is -10.0. The Bertz CT molecular complexity index is 3010. The van der Waals surface area contributed by atoms with Crippen LogP contribution in [0.5, 0.6) is 5.75 Å². The maximum absolute atomic E-state index is 13.8. The number of anilines is 4. The molecule has 23 nitrogen and oxygen atoms in total. The van der Waals surface area contributed by atoms with Crippen LogP contribution in [-0.4, -0.2) is 87.6 Å². The van der Waals surface area contributed by atoms with Crippen LogP contribution in [0.2, 0.25) is 5.28 Å². The molecule has 60 heavy (non-hydrogen) atoms. The molecule has 5 aromatic rings. The first kappa shape index (κ1) is 57.0. The van der Waals surface area contributed by atoms with Gasteiger partial charge in [-0.15, -0.1) is 5.11 Å². The van der Waals surface area contributed by atoms with Gasteiger partial charge in [-0.3, -0.25) is 4.55 Å². The van der Waals surface area contributed by atoms with Gasteiger partial charge in [0.05, 0.1) is 43.3 Å². The Morgan fingerprint density at radius 1 is 0.683 bits per heavy atom. The molecule has 0 unspecified atom stereocenters. The number of aromatic nitrogens is 3. The summed E-state index contributed by atoms with van der Waals surface area (Å²) in [5.74, 6) is -3.08. The third-order valence-electron chi connectivity index (χ3n) is 6.94. The van der Waals surface area contributed by atoms with E-state index in [1.807, 2.05) is 0 Å². The number of nitrogens with zero attached hydrogens (tertiary/aromatic N) is 5. The number of azo groups is 1. The standard InChI is InChI=1S/C27H22ClN7O16S5.4Na/c28-25-31-26(29-15-4-6-17(7-5-15)52(37,38)9-8-51-56(48,49)50)33-27(32-25)30-20-13-19(54(42,43)44)10-14-11-21(55(45,46)47)23(24(36)22(14)20)35-34-16-2-1-3-18(12-16)53(39,40)41;;;;/h1-7,10-13,36H,8-9H2,(H,39,40,41)(H,42,43,44)(H,45,46,47)(H,48,49,50)(H2,29,30,31,32,33);;;;/q;4*+1/p-4. The zero-order valence-electron chi connectivity index (χ0n) is 31.0. The van der Waals surface area contributed by atoms with Gasteiger partial charge in [0, 0.05) is 11.4 Å². The van der Waals surface area contributed by atoms with E-state index in [-0.39, 0.29) is 140 Å². The van der Waals surface area contributed by atoms with E-state index in [0.29, 0.717) is 18.2 Å². The van der Waals surface area contributed by atoms with Crippen molar-refractivity contribution in [3.05, 3.63) is 72.0 Å². The van der Waals surface area contributed by atoms with Crippen molar-refractivity contribution in [3.8, 4) is 5.75 Å². The first-order valence-corrected chi connectivity index (χ1v) is 22.0. The van der Waals surface area contributed by atoms with Crippen molar-refractivity contribution in [2.75, 3.05) is 23.0 Å². The van der Waals surface area contributed by atoms with Gasteiger partial charge in [-0.05, 0) is 83.0 Å². The zero-order chi connectivity index (χ0) is 41.4. The molecule has 298 valence electrons. The molecule has 0 fully saturated rings. The molecular formula is C27H18ClN7Na4O16S5. The van der Waals surface area contributed by atoms with Crippen LogP contribution in [0.3, 0.4) is 0 Å². The number of halogens is 1. The van der Waals surface area contributed by atoms with E-state index in [4.69, 9.17) is 16.2 Å². The van der Waals surface area contributed by atoms with Crippen LogP contribution >= 0.6 is 11.6 Å². The molecule has 5 rings (SSSR count). The molecule has 0 aliphatic heterocycles. The van der Waals surface area contributed by atoms with Crippen LogP contribution in [0.15, 0.2) is 96.5 Å². The second-order valence-corrected chi connectivity index (χ2v) is 18.4. The van der Waals surface area contributed by atoms with Crippen molar-refractivity contribution in [1.29, 1.82) is 0 Å². The van der Waals surface area contributed by atoms with Crippen LogP contribution < -0.4 is 134 Å². The van der Waals surface area contributed by atoms with E-state index < -0.39 is 117 Å². The smallest absolute Gasteiger partial charge is 0.870 e. The molecule has 0 atom stereocenters. The van der Waals surface area contributed by atoms with Crippen molar-refractivity contribution in [2.24, 2.45) is 10.2 Å². The number of hydrogen-bond acceptors (Lipinski definition) is 22. The van der Waals surface area contributed by atoms with Crippen LogP contribution in [0.25, 0.3) is 10.8 Å². The molecule has 0 saturated heterocycles. The maximum atomic E-state index is 13.8. The average Bonchev–Trinajstić information content (AvgIpc) is 3.05. The summed E-state index contributed by atoms with van der Waals surface area (Å²) < 4.78 is 166. The molecular weight excluding hydrogens is 966 g/mol. The first-order valence-electron chi connectivity index (χ1n) is 14.4. The third kappa shape index (κ3) is 15.3. The summed E-state index contributed by atoms with van der Waals surface area (Å²) in [5.41, 5.74) is -1.95. The van der Waals surface area contributed by atoms with Gasteiger partial charge in [0.25, 0.3) is 0 Å². The van der Waals surface area contributed by atoms with Gasteiger partial charge in [-0.2, -0.15) is 28.5 Å². The van der Waals surface area contributed by atoms with Gasteiger partial charge in [0.2, 0.25) is 17.2 Å². The Morgan fingerprint density at radius 2 is 1.27 bits per heavy atom. The fourth-order valence-corrected chi connectivity index (χ4v) is 7.94. The molecule has 0 bridgehead atoms. The summed E-state index contributed by atoms with van der Waals surface area (Å²) >= 11 is 6.05. The predicted molar refractivity (Wildman–Crippen MR) is 185 cm³/mol. The normalized spacial score (nSPS) is 12.1. The number of hydrogen-bond donors (Lipinski definition) is 3. The monoisotopic (exact) mass is 983 g/mol. The summed E-state index contributed by atoms with van der Waals surface area (Å²) in [6.45, 7) is -0.871. The van der Waals surface area contributed by atoms with Gasteiger partial charge in [0.15, 0.2) is 9.84 Å². The van der Waals surface area contributed by atoms with Crippen LogP contribution in [0.1, 0.15) is 0 Å². The Kier molecular flexibility index (Phi) is 21.1. The number of rotatable bonds is 14. The Hall–Kier alpha value is -1.01. The van der Waals surface area contributed by atoms with E-state index >= 15 is 0 Å². The second-order valence-electron chi connectivity index (χ2n) is 10.8. The van der Waals surface area contributed by atoms with Crippen LogP contribution in [-0.2, 0) is 54.8 Å². The summed E-state index contributed by atoms with van der Waals surface area (Å²) in [4.78, 5) is 8.33. The molecule has 0 amide bonds. The van der Waals surface area contributed by atoms with Crippen LogP contribution in [0, 0.1) is 0 Å². The molecule has 1 heterocycles. The fraction of sp³-hybridized carbons (Fsp3) is 0.0741. The van der Waals surface area contributed by atoms with Gasteiger partial charge in [0.1, 0.15) is 30.4 Å². The minimum atomic E-state index is -5.59. The second kappa shape index (κ2) is 22.3. The van der Waals surface area contributed by atoms with Gasteiger partial charge < -0.3 is 29.4 Å². The van der Waals surface area contributed by atoms with E-state index in [1.165, 1.54) is 12.1 Å². The molecule has 0 radical (unpaired) electrons. The molecule has 33 heteroatoms. The molecule has 4 aromatic carbocycles. The van der Waals surface area contributed by atoms with E-state index in [0.717, 1.165) is 36.4 Å². The number of benzene rings is 4. The number of fused-ring (bicyclic) bond motifs is 1. The minimum Gasteiger partial charge on any atom is -0.870 e. The zero-order valence-corrected chi connectivity index (χ0v) is 43.8. The van der Waals surface area contributed by atoms with Gasteiger partial charge in [-0.25, -0.2) is 37.9 Å². The molecule has 0 spiro atoms. The van der Waals surface area contributed by atoms with E-state index in [1.54, 1.807) is 0 Å². The summed E-state index contributed by atoms with van der Waals surface area (Å²) in [7, 11) is -24.9. The summed E-state index contributed by atoms with van der Waals surface area (Å²) in [5, 5.41) is 24.4. The molecule has 0 aliphatic rings. The van der Waals surface area contributed by atoms with Crippen LogP contribution in [0.4, 0.5) is 34.6 Å². The summed E-state index contributed by atoms with van der Waals surface area (Å²) in [6, 6.07) is 10.3. The molecule has 1 aromatic heterocycles. The van der Waals surface area contributed by atoms with Crippen molar-refractivity contribution < 1.29 is 188 Å². The molecule has 0 saturated carbocycles. The minimum absolute atomic E-state index is 0. The van der Waals surface area contributed by atoms with Gasteiger partial charge in [-0.1, -0.05) is 11.8 Å². The molecule has 0 aliphatic carbocycles. The maximum Gasteiger partial charge on any atom is 1.00 e. The Balaban J connectivity index is 0.00000450. The number of nitrogens with one attached hydrogen (secondary N) is 2. The Labute approximate surface area is 434 Å². The Morgan fingerprint density at radius 3 is 1.82 bits per heavy atom. The molecule has 3 N–H and O–H groups in total.